The van der Waals surface area contributed by atoms with Gasteiger partial charge in [-0.1, -0.05) is 24.9 Å². The van der Waals surface area contributed by atoms with Crippen molar-refractivity contribution < 1.29 is 19.4 Å². The number of nitrogens with zero attached hydrogens (tertiary/aromatic N) is 2. The van der Waals surface area contributed by atoms with Gasteiger partial charge in [-0.3, -0.25) is 9.69 Å². The van der Waals surface area contributed by atoms with Gasteiger partial charge in [-0.2, -0.15) is 0 Å². The van der Waals surface area contributed by atoms with Gasteiger partial charge < -0.3 is 31.1 Å². The van der Waals surface area contributed by atoms with Gasteiger partial charge in [0.05, 0.1) is 33.7 Å². The van der Waals surface area contributed by atoms with E-state index in [-0.39, 0.29) is 18.5 Å². The Morgan fingerprint density at radius 2 is 2.17 bits per heavy atom. The summed E-state index contributed by atoms with van der Waals surface area (Å²) in [7, 11) is 0. The smallest absolute Gasteiger partial charge is 0.414 e. The Kier molecular flexibility index (Phi) is 8.38. The van der Waals surface area contributed by atoms with Crippen LogP contribution in [-0.2, 0) is 4.74 Å². The molecule has 5 N–H and O–H groups in total. The van der Waals surface area contributed by atoms with Crippen molar-refractivity contribution in [3.8, 4) is 0 Å². The number of aliphatic hydroxyl groups excluding tert-OH is 1. The number of amides is 2. The average Bonchev–Trinajstić information content (AvgIpc) is 3.56. The lowest BCUT2D eigenvalue weighted by Gasteiger charge is -2.26. The van der Waals surface area contributed by atoms with E-state index in [1.807, 2.05) is 18.2 Å². The molecule has 3 heterocycles. The Labute approximate surface area is 214 Å². The van der Waals surface area contributed by atoms with Crippen LogP contribution in [0.2, 0.25) is 4.34 Å². The third-order valence-corrected chi connectivity index (χ3v) is 7.40. The van der Waals surface area contributed by atoms with Crippen LogP contribution in [-0.4, -0.2) is 61.7 Å². The molecule has 2 saturated heterocycles. The first kappa shape index (κ1) is 25.6. The fraction of sp³-hybridized carbons (Fsp3) is 0.500. The van der Waals surface area contributed by atoms with Crippen molar-refractivity contribution in [1.82, 2.24) is 5.32 Å². The van der Waals surface area contributed by atoms with E-state index in [1.165, 1.54) is 11.3 Å². The van der Waals surface area contributed by atoms with Crippen LogP contribution in [0, 0.1) is 0 Å². The van der Waals surface area contributed by atoms with E-state index in [1.54, 1.807) is 17.0 Å². The minimum atomic E-state index is -0.695. The average molecular weight is 522 g/mol. The number of nitrogens with two attached hydrogens (primary N) is 1. The molecule has 0 aliphatic carbocycles. The van der Waals surface area contributed by atoms with Crippen LogP contribution >= 0.6 is 22.9 Å². The third kappa shape index (κ3) is 6.38. The largest absolute Gasteiger partial charge is 0.442 e. The Balaban J connectivity index is 1.45. The highest BCUT2D eigenvalue weighted by Crippen LogP contribution is 2.35. The summed E-state index contributed by atoms with van der Waals surface area (Å²) >= 11 is 7.09. The van der Waals surface area contributed by atoms with Gasteiger partial charge in [-0.15, -0.1) is 11.3 Å². The van der Waals surface area contributed by atoms with Gasteiger partial charge in [-0.05, 0) is 49.6 Å². The van der Waals surface area contributed by atoms with Crippen LogP contribution < -0.4 is 26.2 Å². The quantitative estimate of drug-likeness (QED) is 0.352. The number of carbonyl (C=O) groups is 2. The molecule has 2 amide bonds. The molecule has 11 heteroatoms. The molecule has 3 unspecified atom stereocenters. The van der Waals surface area contributed by atoms with Gasteiger partial charge in [0.15, 0.2) is 0 Å². The van der Waals surface area contributed by atoms with Crippen molar-refractivity contribution >= 4 is 52.0 Å². The lowest BCUT2D eigenvalue weighted by atomic mass is 10.1. The molecule has 2 aromatic rings. The molecule has 0 spiro atoms. The predicted octanol–water partition coefficient (Wildman–Crippen LogP) is 3.61. The fourth-order valence-electron chi connectivity index (χ4n) is 4.31. The maximum Gasteiger partial charge on any atom is 0.414 e. The van der Waals surface area contributed by atoms with Gasteiger partial charge in [0, 0.05) is 24.8 Å². The molecule has 35 heavy (non-hydrogen) atoms. The van der Waals surface area contributed by atoms with Crippen molar-refractivity contribution in [1.29, 1.82) is 0 Å². The summed E-state index contributed by atoms with van der Waals surface area (Å²) < 4.78 is 6.03. The second kappa shape index (κ2) is 11.5. The summed E-state index contributed by atoms with van der Waals surface area (Å²) in [5.41, 5.74) is 8.47. The first-order chi connectivity index (χ1) is 16.8. The normalized spacial score (nSPS) is 20.7. The molecule has 190 valence electrons. The topological polar surface area (TPSA) is 120 Å². The number of hydrogen-bond donors (Lipinski definition) is 4. The number of unbranched alkanes of at least 4 members (excludes halogenated alkanes) is 1. The third-order valence-electron chi connectivity index (χ3n) is 6.17. The number of nitrogens with one attached hydrogen (secondary N) is 2. The minimum Gasteiger partial charge on any atom is -0.442 e. The summed E-state index contributed by atoms with van der Waals surface area (Å²) in [5, 5.41) is 16.5. The second-order valence-electron chi connectivity index (χ2n) is 8.93. The predicted molar refractivity (Wildman–Crippen MR) is 140 cm³/mol. The number of rotatable bonds is 10. The van der Waals surface area contributed by atoms with Crippen molar-refractivity contribution in [2.75, 3.05) is 41.3 Å². The molecule has 1 aromatic heterocycles. The number of cyclic esters (lactones) is 1. The summed E-state index contributed by atoms with van der Waals surface area (Å²) in [6.07, 6.45) is 1.78. The Hall–Kier alpha value is -2.53. The van der Waals surface area contributed by atoms with Crippen LogP contribution in [0.15, 0.2) is 30.3 Å². The molecular formula is C24H32ClN5O4S. The van der Waals surface area contributed by atoms with Gasteiger partial charge in [-0.25, -0.2) is 4.79 Å². The number of carbonyl (C=O) groups excluding carboxylic acids is 2. The summed E-state index contributed by atoms with van der Waals surface area (Å²) in [5.74, 6) is -0.253. The van der Waals surface area contributed by atoms with E-state index < -0.39 is 18.4 Å². The van der Waals surface area contributed by atoms with Crippen molar-refractivity contribution in [3.63, 3.8) is 0 Å². The van der Waals surface area contributed by atoms with Crippen molar-refractivity contribution in [3.05, 3.63) is 39.5 Å². The van der Waals surface area contributed by atoms with E-state index in [0.29, 0.717) is 27.9 Å². The lowest BCUT2D eigenvalue weighted by Crippen LogP contribution is -2.34. The first-order valence-corrected chi connectivity index (χ1v) is 13.1. The highest BCUT2D eigenvalue weighted by molar-refractivity contribution is 7.18. The van der Waals surface area contributed by atoms with Crippen molar-refractivity contribution in [2.45, 2.75) is 51.0 Å². The number of thiophene rings is 1. The molecule has 3 atom stereocenters. The maximum atomic E-state index is 12.6. The number of ether oxygens (including phenoxy) is 1. The zero-order chi connectivity index (χ0) is 24.9. The number of benzene rings is 1. The van der Waals surface area contributed by atoms with E-state index in [0.717, 1.165) is 43.7 Å². The lowest BCUT2D eigenvalue weighted by molar-refractivity contribution is 0.0920. The van der Waals surface area contributed by atoms with E-state index in [2.05, 4.69) is 22.5 Å². The van der Waals surface area contributed by atoms with Crippen LogP contribution in [0.25, 0.3) is 0 Å². The van der Waals surface area contributed by atoms with Crippen LogP contribution in [0.3, 0.4) is 0 Å². The summed E-state index contributed by atoms with van der Waals surface area (Å²) in [4.78, 5) is 29.2. The molecule has 0 saturated carbocycles. The van der Waals surface area contributed by atoms with E-state index >= 15 is 0 Å². The molecule has 9 nitrogen and oxygen atoms in total. The summed E-state index contributed by atoms with van der Waals surface area (Å²) in [6, 6.07) is 9.13. The van der Waals surface area contributed by atoms with Gasteiger partial charge in [0.25, 0.3) is 5.91 Å². The monoisotopic (exact) mass is 521 g/mol. The second-order valence-corrected chi connectivity index (χ2v) is 10.6. The number of anilines is 3. The Morgan fingerprint density at radius 1 is 1.34 bits per heavy atom. The maximum absolute atomic E-state index is 12.6. The van der Waals surface area contributed by atoms with Crippen LogP contribution in [0.5, 0.6) is 0 Å². The molecular weight excluding hydrogens is 490 g/mol. The van der Waals surface area contributed by atoms with Gasteiger partial charge in [0.1, 0.15) is 12.3 Å². The zero-order valence-corrected chi connectivity index (χ0v) is 21.3. The molecule has 0 bridgehead atoms. The number of hydrogen-bond acceptors (Lipinski definition) is 8. The van der Waals surface area contributed by atoms with Crippen molar-refractivity contribution in [2.24, 2.45) is 5.73 Å². The van der Waals surface area contributed by atoms with Crippen LogP contribution in [0.1, 0.15) is 42.3 Å². The molecule has 0 radical (unpaired) electrons. The van der Waals surface area contributed by atoms with Gasteiger partial charge in [0.2, 0.25) is 0 Å². The Bertz CT molecular complexity index is 1050. The molecule has 1 aromatic carbocycles. The summed E-state index contributed by atoms with van der Waals surface area (Å²) in [6.45, 7) is 4.15. The van der Waals surface area contributed by atoms with E-state index in [9.17, 15) is 14.7 Å². The standard InChI is InChI=1S/C24H32ClN5O4S/c1-2-3-4-22(31)28-18-11-16(5-6-19(18)29-10-9-15(26)13-29)30-14-17(34-24(30)33)12-27-23(32)20-7-8-21(25)35-20/h5-8,11,15,17,22,28,31H,2-4,9-10,12-14,26H2,1H3,(H,27,32). The molecule has 4 rings (SSSR count). The zero-order valence-electron chi connectivity index (χ0n) is 19.7. The SMILES string of the molecule is CCCCC(O)Nc1cc(N2CC(CNC(=O)c3ccc(Cl)s3)OC2=O)ccc1N1CCC(N)C1. The Morgan fingerprint density at radius 3 is 2.86 bits per heavy atom. The fourth-order valence-corrected chi connectivity index (χ4v) is 5.27. The van der Waals surface area contributed by atoms with Crippen LogP contribution in [0.4, 0.5) is 21.9 Å². The highest BCUT2D eigenvalue weighted by atomic mass is 35.5. The molecule has 2 fully saturated rings. The van der Waals surface area contributed by atoms with Gasteiger partial charge >= 0.3 is 6.09 Å². The first-order valence-electron chi connectivity index (χ1n) is 11.9. The minimum absolute atomic E-state index is 0.113. The van der Waals surface area contributed by atoms with E-state index in [4.69, 9.17) is 22.1 Å². The highest BCUT2D eigenvalue weighted by Gasteiger charge is 2.33. The number of halogens is 1. The molecule has 2 aliphatic rings. The number of aliphatic hydroxyl groups is 1. The molecule has 2 aliphatic heterocycles.